The second-order valence-corrected chi connectivity index (χ2v) is 5.29. The highest BCUT2D eigenvalue weighted by atomic mass is 16.5. The zero-order valence-electron chi connectivity index (χ0n) is 12.1. The van der Waals surface area contributed by atoms with Gasteiger partial charge in [0.05, 0.1) is 18.9 Å². The Morgan fingerprint density at radius 3 is 2.76 bits per heavy atom. The van der Waals surface area contributed by atoms with Crippen LogP contribution in [0.15, 0.2) is 18.2 Å². The zero-order chi connectivity index (χ0) is 14.7. The lowest BCUT2D eigenvalue weighted by molar-refractivity contribution is -0.121. The third kappa shape index (κ3) is 3.18. The summed E-state index contributed by atoms with van der Waals surface area (Å²) in [5, 5.41) is 0. The average molecular weight is 291 g/mol. The van der Waals surface area contributed by atoms with E-state index in [0.717, 1.165) is 49.8 Å². The topological polar surface area (TPSA) is 68.0 Å². The molecular formula is C15H21N3O3. The molecule has 2 aliphatic rings. The van der Waals surface area contributed by atoms with Gasteiger partial charge in [-0.25, -0.2) is 0 Å². The number of carbonyl (C=O) groups is 1. The first-order valence-electron chi connectivity index (χ1n) is 7.34. The Hall–Kier alpha value is -1.63. The Kier molecular flexibility index (Phi) is 4.38. The maximum atomic E-state index is 12.1. The molecule has 0 bridgehead atoms. The van der Waals surface area contributed by atoms with Crippen molar-refractivity contribution in [2.75, 3.05) is 50.9 Å². The van der Waals surface area contributed by atoms with Crippen LogP contribution in [0.3, 0.4) is 0 Å². The van der Waals surface area contributed by atoms with Crippen LogP contribution in [0.2, 0.25) is 0 Å². The van der Waals surface area contributed by atoms with Crippen LogP contribution >= 0.6 is 0 Å². The summed E-state index contributed by atoms with van der Waals surface area (Å²) in [5.74, 6) is 0.760. The molecule has 6 heteroatoms. The van der Waals surface area contributed by atoms with E-state index in [4.69, 9.17) is 15.2 Å². The minimum Gasteiger partial charge on any atom is -0.482 e. The number of hydrogen-bond acceptors (Lipinski definition) is 5. The van der Waals surface area contributed by atoms with Gasteiger partial charge in [-0.3, -0.25) is 9.69 Å². The Morgan fingerprint density at radius 1 is 1.19 bits per heavy atom. The van der Waals surface area contributed by atoms with Crippen LogP contribution in [-0.4, -0.2) is 56.8 Å². The number of hydrogen-bond donors (Lipinski definition) is 1. The van der Waals surface area contributed by atoms with Gasteiger partial charge in [0.1, 0.15) is 5.75 Å². The first-order valence-corrected chi connectivity index (χ1v) is 7.34. The first-order chi connectivity index (χ1) is 10.3. The van der Waals surface area contributed by atoms with E-state index in [1.54, 1.807) is 0 Å². The SMILES string of the molecule is NCc1ccc2c(c1)OCC(=O)N2CCN1CCOCC1. The van der Waals surface area contributed by atoms with Gasteiger partial charge in [0.15, 0.2) is 6.61 Å². The van der Waals surface area contributed by atoms with Crippen molar-refractivity contribution in [2.24, 2.45) is 5.73 Å². The lowest BCUT2D eigenvalue weighted by Gasteiger charge is -2.33. The van der Waals surface area contributed by atoms with E-state index in [-0.39, 0.29) is 12.5 Å². The number of morpholine rings is 1. The van der Waals surface area contributed by atoms with Crippen molar-refractivity contribution in [3.8, 4) is 5.75 Å². The molecule has 0 saturated carbocycles. The van der Waals surface area contributed by atoms with Crippen molar-refractivity contribution in [3.63, 3.8) is 0 Å². The van der Waals surface area contributed by atoms with Crippen molar-refractivity contribution in [1.82, 2.24) is 4.90 Å². The van der Waals surface area contributed by atoms with Crippen molar-refractivity contribution in [1.29, 1.82) is 0 Å². The zero-order valence-corrected chi connectivity index (χ0v) is 12.1. The number of anilines is 1. The van der Waals surface area contributed by atoms with Gasteiger partial charge in [-0.2, -0.15) is 0 Å². The quantitative estimate of drug-likeness (QED) is 0.858. The fourth-order valence-electron chi connectivity index (χ4n) is 2.69. The van der Waals surface area contributed by atoms with Crippen LogP contribution in [0, 0.1) is 0 Å². The van der Waals surface area contributed by atoms with E-state index in [0.29, 0.717) is 13.1 Å². The normalized spacial score (nSPS) is 19.3. The molecule has 21 heavy (non-hydrogen) atoms. The highest BCUT2D eigenvalue weighted by molar-refractivity contribution is 5.97. The molecule has 1 aromatic rings. The summed E-state index contributed by atoms with van der Waals surface area (Å²) in [6, 6.07) is 5.79. The molecule has 114 valence electrons. The minimum atomic E-state index is 0.0104. The molecule has 1 saturated heterocycles. The number of carbonyl (C=O) groups excluding carboxylic acids is 1. The molecule has 3 rings (SSSR count). The lowest BCUT2D eigenvalue weighted by atomic mass is 10.1. The molecule has 0 radical (unpaired) electrons. The molecule has 1 aromatic carbocycles. The average Bonchev–Trinajstić information content (AvgIpc) is 2.54. The standard InChI is InChI=1S/C15H21N3O3/c16-10-12-1-2-13-14(9-12)21-11-15(19)18(13)4-3-17-5-7-20-8-6-17/h1-2,9H,3-8,10-11,16H2. The molecular weight excluding hydrogens is 270 g/mol. The number of benzene rings is 1. The van der Waals surface area contributed by atoms with Crippen LogP contribution in [0.25, 0.3) is 0 Å². The van der Waals surface area contributed by atoms with E-state index < -0.39 is 0 Å². The molecule has 0 spiro atoms. The van der Waals surface area contributed by atoms with Crippen LogP contribution in [0.5, 0.6) is 5.75 Å². The monoisotopic (exact) mass is 291 g/mol. The number of amides is 1. The van der Waals surface area contributed by atoms with Crippen LogP contribution in [0.4, 0.5) is 5.69 Å². The fraction of sp³-hybridized carbons (Fsp3) is 0.533. The van der Waals surface area contributed by atoms with Crippen molar-refractivity contribution >= 4 is 11.6 Å². The van der Waals surface area contributed by atoms with Gasteiger partial charge in [0.2, 0.25) is 0 Å². The Balaban J connectivity index is 1.71. The van der Waals surface area contributed by atoms with E-state index in [9.17, 15) is 4.79 Å². The molecule has 6 nitrogen and oxygen atoms in total. The highest BCUT2D eigenvalue weighted by Crippen LogP contribution is 2.32. The van der Waals surface area contributed by atoms with Gasteiger partial charge in [-0.1, -0.05) is 6.07 Å². The van der Waals surface area contributed by atoms with Crippen molar-refractivity contribution < 1.29 is 14.3 Å². The lowest BCUT2D eigenvalue weighted by Crippen LogP contribution is -2.45. The molecule has 1 fully saturated rings. The Bertz CT molecular complexity index is 515. The fourth-order valence-corrected chi connectivity index (χ4v) is 2.69. The third-order valence-electron chi connectivity index (χ3n) is 3.95. The molecule has 1 amide bonds. The van der Waals surface area contributed by atoms with Crippen molar-refractivity contribution in [2.45, 2.75) is 6.54 Å². The van der Waals surface area contributed by atoms with Crippen LogP contribution in [-0.2, 0) is 16.1 Å². The summed E-state index contributed by atoms with van der Waals surface area (Å²) in [4.78, 5) is 16.3. The van der Waals surface area contributed by atoms with Crippen molar-refractivity contribution in [3.05, 3.63) is 23.8 Å². The smallest absolute Gasteiger partial charge is 0.265 e. The van der Waals surface area contributed by atoms with Gasteiger partial charge in [0, 0.05) is 32.7 Å². The molecule has 2 N–H and O–H groups in total. The summed E-state index contributed by atoms with van der Waals surface area (Å²) in [5.41, 5.74) is 7.50. The summed E-state index contributed by atoms with van der Waals surface area (Å²) in [7, 11) is 0. The van der Waals surface area contributed by atoms with E-state index in [2.05, 4.69) is 4.90 Å². The summed E-state index contributed by atoms with van der Waals surface area (Å²) >= 11 is 0. The maximum absolute atomic E-state index is 12.1. The first kappa shape index (κ1) is 14.3. The number of rotatable bonds is 4. The Labute approximate surface area is 124 Å². The molecule has 2 aliphatic heterocycles. The largest absolute Gasteiger partial charge is 0.482 e. The van der Waals surface area contributed by atoms with Gasteiger partial charge in [0.25, 0.3) is 5.91 Å². The number of fused-ring (bicyclic) bond motifs is 1. The summed E-state index contributed by atoms with van der Waals surface area (Å²) in [6.45, 7) is 5.50. The number of nitrogens with zero attached hydrogens (tertiary/aromatic N) is 2. The van der Waals surface area contributed by atoms with Gasteiger partial charge in [-0.05, 0) is 17.7 Å². The molecule has 2 heterocycles. The predicted octanol–water partition coefficient (Wildman–Crippen LogP) is 0.203. The highest BCUT2D eigenvalue weighted by Gasteiger charge is 2.26. The maximum Gasteiger partial charge on any atom is 0.265 e. The van der Waals surface area contributed by atoms with Crippen LogP contribution < -0.4 is 15.4 Å². The molecule has 0 aliphatic carbocycles. The van der Waals surface area contributed by atoms with E-state index >= 15 is 0 Å². The summed E-state index contributed by atoms with van der Waals surface area (Å²) < 4.78 is 10.9. The molecule has 0 atom stereocenters. The van der Waals surface area contributed by atoms with Gasteiger partial charge < -0.3 is 20.1 Å². The number of ether oxygens (including phenoxy) is 2. The van der Waals surface area contributed by atoms with Gasteiger partial charge >= 0.3 is 0 Å². The third-order valence-corrected chi connectivity index (χ3v) is 3.95. The second kappa shape index (κ2) is 6.43. The van der Waals surface area contributed by atoms with E-state index in [1.807, 2.05) is 23.1 Å². The number of nitrogens with two attached hydrogens (primary N) is 1. The Morgan fingerprint density at radius 2 is 2.00 bits per heavy atom. The molecule has 0 aromatic heterocycles. The van der Waals surface area contributed by atoms with E-state index in [1.165, 1.54) is 0 Å². The molecule has 0 unspecified atom stereocenters. The predicted molar refractivity (Wildman–Crippen MR) is 79.4 cm³/mol. The second-order valence-electron chi connectivity index (χ2n) is 5.29. The minimum absolute atomic E-state index is 0.0104. The van der Waals surface area contributed by atoms with Gasteiger partial charge in [-0.15, -0.1) is 0 Å². The van der Waals surface area contributed by atoms with Crippen LogP contribution in [0.1, 0.15) is 5.56 Å². The summed E-state index contributed by atoms with van der Waals surface area (Å²) in [6.07, 6.45) is 0.